The smallest absolute Gasteiger partial charge is 0.0310 e. The van der Waals surface area contributed by atoms with E-state index in [0.29, 0.717) is 5.38 Å². The molecule has 2 unspecified atom stereocenters. The van der Waals surface area contributed by atoms with E-state index >= 15 is 0 Å². The fraction of sp³-hybridized carbons (Fsp3) is 1.00. The van der Waals surface area contributed by atoms with Crippen LogP contribution in [0, 0.1) is 5.92 Å². The summed E-state index contributed by atoms with van der Waals surface area (Å²) >= 11 is 5.98. The molecule has 0 rings (SSSR count). The Morgan fingerprint density at radius 1 is 0.812 bits per heavy atom. The summed E-state index contributed by atoms with van der Waals surface area (Å²) in [7, 11) is 0. The quantitative estimate of drug-likeness (QED) is 0.302. The Morgan fingerprint density at radius 2 is 1.31 bits per heavy atom. The molecule has 0 nitrogen and oxygen atoms in total. The second-order valence-electron chi connectivity index (χ2n) is 5.39. The number of alkyl halides is 1. The van der Waals surface area contributed by atoms with Crippen LogP contribution in [0.15, 0.2) is 0 Å². The van der Waals surface area contributed by atoms with E-state index in [2.05, 4.69) is 20.8 Å². The summed E-state index contributed by atoms with van der Waals surface area (Å²) in [4.78, 5) is 0. The maximum absolute atomic E-state index is 5.98. The standard InChI is InChI=1S/C15H31Cl/c1-4-5-6-7-8-9-10-11-12-14(2)13-15(3)16/h14-15H,4-13H2,1-3H3. The van der Waals surface area contributed by atoms with Crippen LogP contribution in [0.5, 0.6) is 0 Å². The van der Waals surface area contributed by atoms with Gasteiger partial charge in [0.25, 0.3) is 0 Å². The van der Waals surface area contributed by atoms with Gasteiger partial charge in [-0.2, -0.15) is 0 Å². The van der Waals surface area contributed by atoms with E-state index in [0.717, 1.165) is 5.92 Å². The zero-order chi connectivity index (χ0) is 12.2. The van der Waals surface area contributed by atoms with Crippen LogP contribution in [0.1, 0.15) is 85.0 Å². The van der Waals surface area contributed by atoms with Crippen molar-refractivity contribution < 1.29 is 0 Å². The van der Waals surface area contributed by atoms with Crippen molar-refractivity contribution in [2.75, 3.05) is 0 Å². The predicted octanol–water partition coefficient (Wildman–Crippen LogP) is 6.17. The van der Waals surface area contributed by atoms with Gasteiger partial charge in [-0.25, -0.2) is 0 Å². The van der Waals surface area contributed by atoms with Gasteiger partial charge in [-0.1, -0.05) is 71.6 Å². The summed E-state index contributed by atoms with van der Waals surface area (Å²) in [6, 6.07) is 0. The highest BCUT2D eigenvalue weighted by molar-refractivity contribution is 6.20. The average molecular weight is 247 g/mol. The van der Waals surface area contributed by atoms with Gasteiger partial charge in [0, 0.05) is 5.38 Å². The number of hydrogen-bond donors (Lipinski definition) is 0. The first-order valence-corrected chi connectivity index (χ1v) is 7.74. The molecule has 0 bridgehead atoms. The van der Waals surface area contributed by atoms with Gasteiger partial charge in [0.05, 0.1) is 0 Å². The third-order valence-electron chi connectivity index (χ3n) is 3.28. The molecule has 0 amide bonds. The average Bonchev–Trinajstić information content (AvgIpc) is 2.21. The van der Waals surface area contributed by atoms with Crippen molar-refractivity contribution in [3.63, 3.8) is 0 Å². The minimum atomic E-state index is 0.351. The summed E-state index contributed by atoms with van der Waals surface area (Å²) in [6.45, 7) is 6.71. The van der Waals surface area contributed by atoms with Crippen molar-refractivity contribution >= 4 is 11.6 Å². The largest absolute Gasteiger partial charge is 0.123 e. The number of hydrogen-bond acceptors (Lipinski definition) is 0. The van der Waals surface area contributed by atoms with Gasteiger partial charge in [0.2, 0.25) is 0 Å². The minimum Gasteiger partial charge on any atom is -0.123 e. The first kappa shape index (κ1) is 16.3. The Hall–Kier alpha value is 0.290. The van der Waals surface area contributed by atoms with Gasteiger partial charge in [0.1, 0.15) is 0 Å². The Labute approximate surface area is 108 Å². The highest BCUT2D eigenvalue weighted by atomic mass is 35.5. The van der Waals surface area contributed by atoms with Crippen LogP contribution in [0.2, 0.25) is 0 Å². The van der Waals surface area contributed by atoms with Crippen LogP contribution in [-0.2, 0) is 0 Å². The van der Waals surface area contributed by atoms with E-state index in [1.807, 2.05) is 0 Å². The van der Waals surface area contributed by atoms with Crippen molar-refractivity contribution in [1.82, 2.24) is 0 Å². The lowest BCUT2D eigenvalue weighted by atomic mass is 9.97. The van der Waals surface area contributed by atoms with E-state index in [1.165, 1.54) is 64.2 Å². The van der Waals surface area contributed by atoms with Gasteiger partial charge in [0.15, 0.2) is 0 Å². The summed E-state index contributed by atoms with van der Waals surface area (Å²) in [5.41, 5.74) is 0. The molecule has 2 atom stereocenters. The van der Waals surface area contributed by atoms with Gasteiger partial charge in [-0.15, -0.1) is 11.6 Å². The van der Waals surface area contributed by atoms with Crippen LogP contribution >= 0.6 is 11.6 Å². The lowest BCUT2D eigenvalue weighted by Crippen LogP contribution is -2.01. The maximum atomic E-state index is 5.98. The zero-order valence-corrected chi connectivity index (χ0v) is 12.4. The van der Waals surface area contributed by atoms with Crippen molar-refractivity contribution in [2.45, 2.75) is 90.4 Å². The number of unbranched alkanes of at least 4 members (excludes halogenated alkanes) is 7. The molecule has 0 saturated carbocycles. The summed E-state index contributed by atoms with van der Waals surface area (Å²) < 4.78 is 0. The van der Waals surface area contributed by atoms with Crippen molar-refractivity contribution in [2.24, 2.45) is 5.92 Å². The molecule has 0 aromatic carbocycles. The second-order valence-corrected chi connectivity index (χ2v) is 6.13. The van der Waals surface area contributed by atoms with E-state index < -0.39 is 0 Å². The lowest BCUT2D eigenvalue weighted by molar-refractivity contribution is 0.453. The molecule has 0 spiro atoms. The minimum absolute atomic E-state index is 0.351. The summed E-state index contributed by atoms with van der Waals surface area (Å²) in [5, 5.41) is 0.351. The number of halogens is 1. The Morgan fingerprint density at radius 3 is 1.81 bits per heavy atom. The molecule has 0 saturated heterocycles. The van der Waals surface area contributed by atoms with Crippen molar-refractivity contribution in [3.05, 3.63) is 0 Å². The number of rotatable bonds is 11. The highest BCUT2D eigenvalue weighted by Gasteiger charge is 2.05. The topological polar surface area (TPSA) is 0 Å². The van der Waals surface area contributed by atoms with Crippen LogP contribution < -0.4 is 0 Å². The highest BCUT2D eigenvalue weighted by Crippen LogP contribution is 2.18. The van der Waals surface area contributed by atoms with E-state index in [4.69, 9.17) is 11.6 Å². The molecule has 98 valence electrons. The fourth-order valence-electron chi connectivity index (χ4n) is 2.30. The molecule has 1 heteroatoms. The monoisotopic (exact) mass is 246 g/mol. The Balaban J connectivity index is 3.08. The molecular formula is C15H31Cl. The van der Waals surface area contributed by atoms with Gasteiger partial charge in [-0.05, 0) is 19.3 Å². The molecule has 0 aromatic rings. The third-order valence-corrected chi connectivity index (χ3v) is 3.46. The van der Waals surface area contributed by atoms with Crippen LogP contribution in [0.25, 0.3) is 0 Å². The van der Waals surface area contributed by atoms with Gasteiger partial charge >= 0.3 is 0 Å². The molecule has 0 aliphatic rings. The first-order valence-electron chi connectivity index (χ1n) is 7.30. The first-order chi connectivity index (χ1) is 7.66. The van der Waals surface area contributed by atoms with Gasteiger partial charge < -0.3 is 0 Å². The van der Waals surface area contributed by atoms with E-state index in [1.54, 1.807) is 0 Å². The zero-order valence-electron chi connectivity index (χ0n) is 11.6. The second kappa shape index (κ2) is 11.8. The Kier molecular flexibility index (Phi) is 12.0. The Bertz CT molecular complexity index is 131. The molecule has 0 fully saturated rings. The van der Waals surface area contributed by atoms with Crippen LogP contribution in [0.3, 0.4) is 0 Å². The van der Waals surface area contributed by atoms with E-state index in [9.17, 15) is 0 Å². The molecule has 0 aromatic heterocycles. The summed E-state index contributed by atoms with van der Waals surface area (Å²) in [6.07, 6.45) is 13.9. The van der Waals surface area contributed by atoms with Gasteiger partial charge in [-0.3, -0.25) is 0 Å². The fourth-order valence-corrected chi connectivity index (χ4v) is 2.60. The van der Waals surface area contributed by atoms with Crippen molar-refractivity contribution in [3.8, 4) is 0 Å². The molecule has 16 heavy (non-hydrogen) atoms. The molecule has 0 radical (unpaired) electrons. The van der Waals surface area contributed by atoms with E-state index in [-0.39, 0.29) is 0 Å². The van der Waals surface area contributed by atoms with Crippen LogP contribution in [-0.4, -0.2) is 5.38 Å². The van der Waals surface area contributed by atoms with Crippen LogP contribution in [0.4, 0.5) is 0 Å². The van der Waals surface area contributed by atoms with Crippen molar-refractivity contribution in [1.29, 1.82) is 0 Å². The molecule has 0 N–H and O–H groups in total. The molecular weight excluding hydrogens is 216 g/mol. The molecule has 0 heterocycles. The molecule has 0 aliphatic carbocycles. The normalized spacial score (nSPS) is 15.0. The molecule has 0 aliphatic heterocycles. The lowest BCUT2D eigenvalue weighted by Gasteiger charge is -2.12. The maximum Gasteiger partial charge on any atom is 0.0310 e. The third kappa shape index (κ3) is 12.4. The summed E-state index contributed by atoms with van der Waals surface area (Å²) in [5.74, 6) is 0.813. The SMILES string of the molecule is CCCCCCCCCCC(C)CC(C)Cl. The predicted molar refractivity (Wildman–Crippen MR) is 76.3 cm³/mol.